The standard InChI is InChI=1S/C19H17BrCl2N2OS/c1-13-23-9-10-24(13)11-14(12-25-18-8-3-2-5-15(18)20)26-19-16(21)6-4-7-17(19)22/h2-10,14H,11-12H2,1H3. The number of halogens is 3. The highest BCUT2D eigenvalue weighted by molar-refractivity contribution is 9.10. The molecule has 0 N–H and O–H groups in total. The molecule has 0 fully saturated rings. The van der Waals surface area contributed by atoms with Crippen LogP contribution < -0.4 is 4.74 Å². The Bertz CT molecular complexity index is 867. The van der Waals surface area contributed by atoms with Gasteiger partial charge in [0.2, 0.25) is 0 Å². The average molecular weight is 472 g/mol. The van der Waals surface area contributed by atoms with Crippen LogP contribution in [0.2, 0.25) is 10.0 Å². The second-order valence-electron chi connectivity index (χ2n) is 5.66. The van der Waals surface area contributed by atoms with E-state index in [1.165, 1.54) is 0 Å². The van der Waals surface area contributed by atoms with Crippen LogP contribution in [-0.4, -0.2) is 21.4 Å². The summed E-state index contributed by atoms with van der Waals surface area (Å²) in [6.45, 7) is 3.23. The van der Waals surface area contributed by atoms with Crippen molar-refractivity contribution in [2.75, 3.05) is 6.61 Å². The molecule has 1 aromatic heterocycles. The maximum Gasteiger partial charge on any atom is 0.133 e. The smallest absolute Gasteiger partial charge is 0.133 e. The number of thioether (sulfide) groups is 1. The van der Waals surface area contributed by atoms with E-state index >= 15 is 0 Å². The molecule has 3 nitrogen and oxygen atoms in total. The summed E-state index contributed by atoms with van der Waals surface area (Å²) in [5.41, 5.74) is 0. The highest BCUT2D eigenvalue weighted by Gasteiger charge is 2.18. The molecule has 7 heteroatoms. The molecule has 3 aromatic rings. The zero-order valence-electron chi connectivity index (χ0n) is 14.0. The Hall–Kier alpha value is -1.14. The highest BCUT2D eigenvalue weighted by atomic mass is 79.9. The fourth-order valence-corrected chi connectivity index (χ4v) is 4.58. The summed E-state index contributed by atoms with van der Waals surface area (Å²) < 4.78 is 9.08. The quantitative estimate of drug-likeness (QED) is 0.368. The van der Waals surface area contributed by atoms with Crippen molar-refractivity contribution in [1.82, 2.24) is 9.55 Å². The monoisotopic (exact) mass is 470 g/mol. The summed E-state index contributed by atoms with van der Waals surface area (Å²) in [5, 5.41) is 1.40. The number of benzene rings is 2. The van der Waals surface area contributed by atoms with E-state index in [0.717, 1.165) is 27.5 Å². The normalized spacial score (nSPS) is 12.2. The van der Waals surface area contributed by atoms with Gasteiger partial charge in [-0.3, -0.25) is 0 Å². The first-order valence-electron chi connectivity index (χ1n) is 8.00. The van der Waals surface area contributed by atoms with Crippen LogP contribution in [0.25, 0.3) is 0 Å². The molecule has 0 aliphatic heterocycles. The van der Waals surface area contributed by atoms with Crippen molar-refractivity contribution < 1.29 is 4.74 Å². The maximum atomic E-state index is 6.36. The van der Waals surface area contributed by atoms with Crippen LogP contribution in [0.4, 0.5) is 0 Å². The van der Waals surface area contributed by atoms with E-state index in [1.54, 1.807) is 18.0 Å². The molecule has 26 heavy (non-hydrogen) atoms. The number of imidazole rings is 1. The third kappa shape index (κ3) is 4.97. The van der Waals surface area contributed by atoms with E-state index in [0.29, 0.717) is 16.7 Å². The molecule has 1 heterocycles. The van der Waals surface area contributed by atoms with E-state index < -0.39 is 0 Å². The Labute approximate surface area is 175 Å². The van der Waals surface area contributed by atoms with Crippen LogP contribution in [0.1, 0.15) is 5.82 Å². The van der Waals surface area contributed by atoms with E-state index in [1.807, 2.05) is 55.6 Å². The molecule has 0 aliphatic carbocycles. The summed E-state index contributed by atoms with van der Waals surface area (Å²) in [6, 6.07) is 13.4. The molecule has 3 rings (SSSR count). The first-order chi connectivity index (χ1) is 12.5. The van der Waals surface area contributed by atoms with Crippen LogP contribution in [-0.2, 0) is 6.54 Å². The van der Waals surface area contributed by atoms with E-state index in [9.17, 15) is 0 Å². The van der Waals surface area contributed by atoms with Crippen molar-refractivity contribution in [3.63, 3.8) is 0 Å². The number of hydrogen-bond acceptors (Lipinski definition) is 3. The Morgan fingerprint density at radius 2 is 1.88 bits per heavy atom. The molecule has 0 spiro atoms. The summed E-state index contributed by atoms with van der Waals surface area (Å²) in [6.07, 6.45) is 3.77. The van der Waals surface area contributed by atoms with Gasteiger partial charge in [0, 0.05) is 23.8 Å². The third-order valence-electron chi connectivity index (χ3n) is 3.79. The van der Waals surface area contributed by atoms with Gasteiger partial charge in [-0.2, -0.15) is 0 Å². The van der Waals surface area contributed by atoms with Crippen LogP contribution in [0.3, 0.4) is 0 Å². The lowest BCUT2D eigenvalue weighted by Crippen LogP contribution is -2.21. The lowest BCUT2D eigenvalue weighted by Gasteiger charge is -2.20. The van der Waals surface area contributed by atoms with E-state index in [4.69, 9.17) is 27.9 Å². The number of rotatable bonds is 7. The molecular weight excluding hydrogens is 455 g/mol. The van der Waals surface area contributed by atoms with Gasteiger partial charge in [0.15, 0.2) is 0 Å². The van der Waals surface area contributed by atoms with Crippen molar-refractivity contribution in [1.29, 1.82) is 0 Å². The molecule has 1 atom stereocenters. The van der Waals surface area contributed by atoms with Gasteiger partial charge in [-0.25, -0.2) is 4.98 Å². The fourth-order valence-electron chi connectivity index (χ4n) is 2.45. The van der Waals surface area contributed by atoms with Crippen molar-refractivity contribution in [3.05, 3.63) is 75.2 Å². The first kappa shape index (κ1) is 19.6. The number of para-hydroxylation sites is 1. The number of hydrogen-bond donors (Lipinski definition) is 0. The summed E-state index contributed by atoms with van der Waals surface area (Å²) in [7, 11) is 0. The lowest BCUT2D eigenvalue weighted by atomic mass is 10.3. The van der Waals surface area contributed by atoms with Gasteiger partial charge >= 0.3 is 0 Å². The van der Waals surface area contributed by atoms with Gasteiger partial charge in [-0.1, -0.05) is 41.4 Å². The molecule has 1 unspecified atom stereocenters. The van der Waals surface area contributed by atoms with E-state index in [-0.39, 0.29) is 5.25 Å². The molecule has 136 valence electrons. The van der Waals surface area contributed by atoms with Gasteiger partial charge in [0.1, 0.15) is 18.2 Å². The second kappa shape index (κ2) is 9.18. The molecule has 0 bridgehead atoms. The molecule has 0 saturated carbocycles. The van der Waals surface area contributed by atoms with Gasteiger partial charge in [-0.05, 0) is 47.1 Å². The van der Waals surface area contributed by atoms with Gasteiger partial charge in [0.05, 0.1) is 19.8 Å². The Morgan fingerprint density at radius 3 is 2.54 bits per heavy atom. The minimum atomic E-state index is 0.104. The average Bonchev–Trinajstić information content (AvgIpc) is 3.02. The number of nitrogens with zero attached hydrogens (tertiary/aromatic N) is 2. The summed E-state index contributed by atoms with van der Waals surface area (Å²) in [4.78, 5) is 5.17. The predicted molar refractivity (Wildman–Crippen MR) is 113 cm³/mol. The Kier molecular flexibility index (Phi) is 6.92. The minimum Gasteiger partial charge on any atom is -0.491 e. The van der Waals surface area contributed by atoms with Crippen molar-refractivity contribution >= 4 is 50.9 Å². The summed E-state index contributed by atoms with van der Waals surface area (Å²) >= 11 is 17.9. The number of ether oxygens (including phenoxy) is 1. The van der Waals surface area contributed by atoms with Gasteiger partial charge < -0.3 is 9.30 Å². The molecular formula is C19H17BrCl2N2OS. The first-order valence-corrected chi connectivity index (χ1v) is 10.4. The molecule has 0 radical (unpaired) electrons. The van der Waals surface area contributed by atoms with Crippen LogP contribution in [0.15, 0.2) is 64.2 Å². The zero-order valence-corrected chi connectivity index (χ0v) is 17.9. The highest BCUT2D eigenvalue weighted by Crippen LogP contribution is 2.37. The minimum absolute atomic E-state index is 0.104. The fraction of sp³-hybridized carbons (Fsp3) is 0.211. The summed E-state index contributed by atoms with van der Waals surface area (Å²) in [5.74, 6) is 1.77. The molecule has 0 amide bonds. The number of aromatic nitrogens is 2. The predicted octanol–water partition coefficient (Wildman–Crippen LogP) is 6.50. The largest absolute Gasteiger partial charge is 0.491 e. The van der Waals surface area contributed by atoms with E-state index in [2.05, 4.69) is 25.5 Å². The molecule has 2 aromatic carbocycles. The second-order valence-corrected chi connectivity index (χ2v) is 8.64. The molecule has 0 aliphatic rings. The lowest BCUT2D eigenvalue weighted by molar-refractivity contribution is 0.305. The number of aryl methyl sites for hydroxylation is 1. The topological polar surface area (TPSA) is 27.1 Å². The van der Waals surface area contributed by atoms with Crippen LogP contribution in [0.5, 0.6) is 5.75 Å². The molecule has 0 saturated heterocycles. The van der Waals surface area contributed by atoms with Crippen LogP contribution >= 0.6 is 50.9 Å². The van der Waals surface area contributed by atoms with Crippen molar-refractivity contribution in [3.8, 4) is 5.75 Å². The van der Waals surface area contributed by atoms with Gasteiger partial charge in [-0.15, -0.1) is 11.8 Å². The van der Waals surface area contributed by atoms with Crippen molar-refractivity contribution in [2.24, 2.45) is 0 Å². The Balaban J connectivity index is 1.79. The zero-order chi connectivity index (χ0) is 18.5. The maximum absolute atomic E-state index is 6.36. The van der Waals surface area contributed by atoms with Crippen LogP contribution in [0, 0.1) is 6.92 Å². The van der Waals surface area contributed by atoms with Crippen molar-refractivity contribution in [2.45, 2.75) is 23.6 Å². The Morgan fingerprint density at radius 1 is 1.15 bits per heavy atom. The SMILES string of the molecule is Cc1nccn1CC(COc1ccccc1Br)Sc1c(Cl)cccc1Cl. The third-order valence-corrected chi connectivity index (χ3v) is 6.59. The van der Waals surface area contributed by atoms with Gasteiger partial charge in [0.25, 0.3) is 0 Å².